The van der Waals surface area contributed by atoms with Gasteiger partial charge in [-0.15, -0.1) is 0 Å². The normalized spacial score (nSPS) is 11.4. The maximum absolute atomic E-state index is 12.3. The van der Waals surface area contributed by atoms with E-state index in [2.05, 4.69) is 31.3 Å². The van der Waals surface area contributed by atoms with E-state index in [4.69, 9.17) is 4.74 Å². The van der Waals surface area contributed by atoms with Crippen molar-refractivity contribution in [2.24, 2.45) is 11.0 Å². The SMILES string of the molecule is CCC/C(=N/NC(=O)c1ccc(OCC(C)C)cc1)c1ccccc1. The smallest absolute Gasteiger partial charge is 0.271 e. The van der Waals surface area contributed by atoms with Gasteiger partial charge in [-0.05, 0) is 42.2 Å². The van der Waals surface area contributed by atoms with E-state index in [0.717, 1.165) is 29.9 Å². The number of benzene rings is 2. The van der Waals surface area contributed by atoms with Crippen molar-refractivity contribution < 1.29 is 9.53 Å². The lowest BCUT2D eigenvalue weighted by molar-refractivity contribution is 0.0954. The molecular formula is C21H26N2O2. The first kappa shape index (κ1) is 18.7. The topological polar surface area (TPSA) is 50.7 Å². The van der Waals surface area contributed by atoms with Crippen LogP contribution in [0.5, 0.6) is 5.75 Å². The number of nitrogens with one attached hydrogen (secondary N) is 1. The van der Waals surface area contributed by atoms with Gasteiger partial charge in [0.2, 0.25) is 0 Å². The molecule has 0 unspecified atom stereocenters. The highest BCUT2D eigenvalue weighted by atomic mass is 16.5. The van der Waals surface area contributed by atoms with Crippen molar-refractivity contribution in [3.05, 3.63) is 65.7 Å². The Morgan fingerprint density at radius 3 is 2.32 bits per heavy atom. The second kappa shape index (κ2) is 9.62. The van der Waals surface area contributed by atoms with Gasteiger partial charge in [-0.2, -0.15) is 5.10 Å². The molecule has 0 aliphatic carbocycles. The Hall–Kier alpha value is -2.62. The number of nitrogens with zero attached hydrogens (tertiary/aromatic N) is 1. The molecule has 132 valence electrons. The number of ether oxygens (including phenoxy) is 1. The number of hydrazone groups is 1. The molecular weight excluding hydrogens is 312 g/mol. The zero-order chi connectivity index (χ0) is 18.1. The van der Waals surface area contributed by atoms with Gasteiger partial charge in [0.1, 0.15) is 5.75 Å². The van der Waals surface area contributed by atoms with Gasteiger partial charge in [-0.3, -0.25) is 4.79 Å². The fraction of sp³-hybridized carbons (Fsp3) is 0.333. The molecule has 0 fully saturated rings. The maximum atomic E-state index is 12.3. The van der Waals surface area contributed by atoms with Gasteiger partial charge in [0.25, 0.3) is 5.91 Å². The molecule has 2 rings (SSSR count). The van der Waals surface area contributed by atoms with Gasteiger partial charge in [-0.1, -0.05) is 57.5 Å². The second-order valence-electron chi connectivity index (χ2n) is 6.34. The molecule has 1 N–H and O–H groups in total. The Kier molecular flexibility index (Phi) is 7.20. The Morgan fingerprint density at radius 1 is 1.04 bits per heavy atom. The van der Waals surface area contributed by atoms with Gasteiger partial charge in [0.15, 0.2) is 0 Å². The van der Waals surface area contributed by atoms with E-state index in [0.29, 0.717) is 18.1 Å². The number of hydrogen-bond acceptors (Lipinski definition) is 3. The third-order valence-electron chi connectivity index (χ3n) is 3.59. The van der Waals surface area contributed by atoms with Crippen LogP contribution in [0.2, 0.25) is 0 Å². The minimum Gasteiger partial charge on any atom is -0.493 e. The van der Waals surface area contributed by atoms with Crippen molar-refractivity contribution >= 4 is 11.6 Å². The predicted octanol–water partition coefficient (Wildman–Crippen LogP) is 4.66. The van der Waals surface area contributed by atoms with Crippen LogP contribution in [0.1, 0.15) is 49.5 Å². The largest absolute Gasteiger partial charge is 0.493 e. The van der Waals surface area contributed by atoms with Crippen molar-refractivity contribution in [2.75, 3.05) is 6.61 Å². The van der Waals surface area contributed by atoms with E-state index in [-0.39, 0.29) is 5.91 Å². The number of rotatable bonds is 8. The molecule has 0 aromatic heterocycles. The molecule has 0 saturated heterocycles. The first-order valence-corrected chi connectivity index (χ1v) is 8.75. The van der Waals surface area contributed by atoms with Crippen LogP contribution in [0.4, 0.5) is 0 Å². The standard InChI is InChI=1S/C21H26N2O2/c1-4-8-20(17-9-6-5-7-10-17)22-23-21(24)18-11-13-19(14-12-18)25-15-16(2)3/h5-7,9-14,16H,4,8,15H2,1-3H3,(H,23,24)/b22-20-. The number of carbonyl (C=O) groups excluding carboxylic acids is 1. The van der Waals surface area contributed by atoms with Crippen LogP contribution in [0.25, 0.3) is 0 Å². The van der Waals surface area contributed by atoms with Crippen molar-refractivity contribution in [1.29, 1.82) is 0 Å². The lowest BCUT2D eigenvalue weighted by atomic mass is 10.1. The number of carbonyl (C=O) groups is 1. The van der Waals surface area contributed by atoms with Gasteiger partial charge in [-0.25, -0.2) is 5.43 Å². The van der Waals surface area contributed by atoms with Crippen molar-refractivity contribution in [1.82, 2.24) is 5.43 Å². The molecule has 2 aromatic rings. The Bertz CT molecular complexity index is 692. The summed E-state index contributed by atoms with van der Waals surface area (Å²) in [6.45, 7) is 6.95. The molecule has 1 amide bonds. The average molecular weight is 338 g/mol. The van der Waals surface area contributed by atoms with Gasteiger partial charge < -0.3 is 4.74 Å². The summed E-state index contributed by atoms with van der Waals surface area (Å²) >= 11 is 0. The first-order valence-electron chi connectivity index (χ1n) is 8.75. The summed E-state index contributed by atoms with van der Waals surface area (Å²) < 4.78 is 5.63. The Morgan fingerprint density at radius 2 is 1.72 bits per heavy atom. The van der Waals surface area contributed by atoms with Crippen LogP contribution in [0, 0.1) is 5.92 Å². The van der Waals surface area contributed by atoms with Gasteiger partial charge >= 0.3 is 0 Å². The summed E-state index contributed by atoms with van der Waals surface area (Å²) in [7, 11) is 0. The average Bonchev–Trinajstić information content (AvgIpc) is 2.64. The highest BCUT2D eigenvalue weighted by Crippen LogP contribution is 2.13. The summed E-state index contributed by atoms with van der Waals surface area (Å²) in [4.78, 5) is 12.3. The fourth-order valence-corrected chi connectivity index (χ4v) is 2.28. The van der Waals surface area contributed by atoms with E-state index in [1.807, 2.05) is 42.5 Å². The van der Waals surface area contributed by atoms with Crippen molar-refractivity contribution in [3.63, 3.8) is 0 Å². The van der Waals surface area contributed by atoms with E-state index >= 15 is 0 Å². The van der Waals surface area contributed by atoms with Crippen molar-refractivity contribution in [2.45, 2.75) is 33.6 Å². The zero-order valence-corrected chi connectivity index (χ0v) is 15.2. The third kappa shape index (κ3) is 6.07. The molecule has 0 aliphatic rings. The molecule has 0 bridgehead atoms. The van der Waals surface area contributed by atoms with Crippen LogP contribution in [-0.2, 0) is 0 Å². The second-order valence-corrected chi connectivity index (χ2v) is 6.34. The van der Waals surface area contributed by atoms with Crippen LogP contribution < -0.4 is 10.2 Å². The number of amides is 1. The molecule has 0 radical (unpaired) electrons. The van der Waals surface area contributed by atoms with Crippen LogP contribution >= 0.6 is 0 Å². The van der Waals surface area contributed by atoms with Crippen LogP contribution in [0.3, 0.4) is 0 Å². The van der Waals surface area contributed by atoms with Crippen molar-refractivity contribution in [3.8, 4) is 5.75 Å². The molecule has 2 aromatic carbocycles. The summed E-state index contributed by atoms with van der Waals surface area (Å²) in [6.07, 6.45) is 1.78. The zero-order valence-electron chi connectivity index (χ0n) is 15.2. The Labute approximate surface area is 149 Å². The summed E-state index contributed by atoms with van der Waals surface area (Å²) in [5.41, 5.74) is 5.13. The first-order chi connectivity index (χ1) is 12.1. The maximum Gasteiger partial charge on any atom is 0.271 e. The molecule has 4 heteroatoms. The third-order valence-corrected chi connectivity index (χ3v) is 3.59. The van der Waals surface area contributed by atoms with Crippen LogP contribution in [0.15, 0.2) is 59.7 Å². The minimum absolute atomic E-state index is 0.222. The molecule has 0 aliphatic heterocycles. The molecule has 0 heterocycles. The quantitative estimate of drug-likeness (QED) is 0.562. The molecule has 0 spiro atoms. The summed E-state index contributed by atoms with van der Waals surface area (Å²) in [5.74, 6) is 1.01. The molecule has 0 saturated carbocycles. The van der Waals surface area contributed by atoms with E-state index in [1.54, 1.807) is 12.1 Å². The lowest BCUT2D eigenvalue weighted by Gasteiger charge is -2.09. The van der Waals surface area contributed by atoms with E-state index in [1.165, 1.54) is 0 Å². The summed E-state index contributed by atoms with van der Waals surface area (Å²) in [6, 6.07) is 17.0. The molecule has 25 heavy (non-hydrogen) atoms. The highest BCUT2D eigenvalue weighted by molar-refractivity contribution is 6.02. The monoisotopic (exact) mass is 338 g/mol. The minimum atomic E-state index is -0.222. The lowest BCUT2D eigenvalue weighted by Crippen LogP contribution is -2.20. The predicted molar refractivity (Wildman–Crippen MR) is 102 cm³/mol. The molecule has 0 atom stereocenters. The summed E-state index contributed by atoms with van der Waals surface area (Å²) in [5, 5.41) is 4.33. The van der Waals surface area contributed by atoms with Gasteiger partial charge in [0.05, 0.1) is 12.3 Å². The van der Waals surface area contributed by atoms with E-state index in [9.17, 15) is 4.79 Å². The highest BCUT2D eigenvalue weighted by Gasteiger charge is 2.07. The molecule has 4 nitrogen and oxygen atoms in total. The van der Waals surface area contributed by atoms with Crippen LogP contribution in [-0.4, -0.2) is 18.2 Å². The number of hydrogen-bond donors (Lipinski definition) is 1. The fourth-order valence-electron chi connectivity index (χ4n) is 2.28. The van der Waals surface area contributed by atoms with Gasteiger partial charge in [0, 0.05) is 5.56 Å². The Balaban J connectivity index is 2.02. The van der Waals surface area contributed by atoms with E-state index < -0.39 is 0 Å².